The molecule has 24 heavy (non-hydrogen) atoms. The molecule has 1 aromatic heterocycles. The van der Waals surface area contributed by atoms with Crippen molar-refractivity contribution in [2.24, 2.45) is 5.73 Å². The third kappa shape index (κ3) is 4.24. The number of rotatable bonds is 4. The van der Waals surface area contributed by atoms with Gasteiger partial charge < -0.3 is 20.3 Å². The van der Waals surface area contributed by atoms with E-state index < -0.39 is 6.04 Å². The molecule has 9 heteroatoms. The molecule has 0 radical (unpaired) electrons. The lowest BCUT2D eigenvalue weighted by Gasteiger charge is -2.33. The Hall–Kier alpha value is -1.22. The second-order valence-corrected chi connectivity index (χ2v) is 6.64. The van der Waals surface area contributed by atoms with Crippen LogP contribution in [0.4, 0.5) is 0 Å². The van der Waals surface area contributed by atoms with Crippen LogP contribution in [0.3, 0.4) is 0 Å². The van der Waals surface area contributed by atoms with Gasteiger partial charge in [0.05, 0.1) is 30.5 Å². The predicted molar refractivity (Wildman–Crippen MR) is 93.2 cm³/mol. The minimum atomic E-state index is -0.643. The van der Waals surface area contributed by atoms with Crippen LogP contribution in [0.1, 0.15) is 18.5 Å². The largest absolute Gasteiger partial charge is 0.378 e. The summed E-state index contributed by atoms with van der Waals surface area (Å²) in [7, 11) is 0. The van der Waals surface area contributed by atoms with E-state index in [1.807, 2.05) is 5.38 Å². The average molecular weight is 375 g/mol. The number of nitrogens with two attached hydrogens (primary N) is 1. The zero-order valence-electron chi connectivity index (χ0n) is 13.4. The quantitative estimate of drug-likeness (QED) is 0.818. The average Bonchev–Trinajstić information content (AvgIpc) is 3.25. The van der Waals surface area contributed by atoms with Gasteiger partial charge in [-0.3, -0.25) is 9.59 Å². The molecule has 1 aromatic rings. The van der Waals surface area contributed by atoms with Crippen molar-refractivity contribution in [2.75, 3.05) is 32.8 Å². The van der Waals surface area contributed by atoms with Crippen molar-refractivity contribution in [3.63, 3.8) is 0 Å². The maximum Gasteiger partial charge on any atom is 0.245 e. The van der Waals surface area contributed by atoms with Crippen LogP contribution in [0, 0.1) is 0 Å². The standard InChI is InChI=1S/C15H22N4O3S.ClH/c16-12(8-11-9-23-10-17-11)14(20)19-3-1-2-13(19)15(21)18-4-6-22-7-5-18;/h9-10,12-13H,1-8,16H2;1H/t12-,13-;/m0./s1. The number of carbonyl (C=O) groups excluding carboxylic acids is 2. The van der Waals surface area contributed by atoms with E-state index in [0.717, 1.165) is 12.1 Å². The highest BCUT2D eigenvalue weighted by Crippen LogP contribution is 2.21. The molecule has 0 spiro atoms. The molecular formula is C15H23ClN4O3S. The molecule has 3 rings (SSSR count). The minimum Gasteiger partial charge on any atom is -0.378 e. The monoisotopic (exact) mass is 374 g/mol. The van der Waals surface area contributed by atoms with Gasteiger partial charge in [0, 0.05) is 31.4 Å². The van der Waals surface area contributed by atoms with Crippen LogP contribution in [0.25, 0.3) is 0 Å². The van der Waals surface area contributed by atoms with Gasteiger partial charge in [0.25, 0.3) is 0 Å². The number of hydrogen-bond acceptors (Lipinski definition) is 6. The van der Waals surface area contributed by atoms with Crippen molar-refractivity contribution in [1.82, 2.24) is 14.8 Å². The van der Waals surface area contributed by atoms with Crippen molar-refractivity contribution < 1.29 is 14.3 Å². The number of ether oxygens (including phenoxy) is 1. The van der Waals surface area contributed by atoms with Gasteiger partial charge in [0.2, 0.25) is 11.8 Å². The first kappa shape index (κ1) is 19.1. The van der Waals surface area contributed by atoms with Gasteiger partial charge in [0.1, 0.15) is 6.04 Å². The molecule has 3 heterocycles. The lowest BCUT2D eigenvalue weighted by Crippen LogP contribution is -2.54. The maximum absolute atomic E-state index is 12.7. The van der Waals surface area contributed by atoms with Crippen molar-refractivity contribution >= 4 is 35.6 Å². The summed E-state index contributed by atoms with van der Waals surface area (Å²) in [5, 5.41) is 1.90. The van der Waals surface area contributed by atoms with Crippen LogP contribution in [-0.4, -0.2) is 71.5 Å². The van der Waals surface area contributed by atoms with Gasteiger partial charge >= 0.3 is 0 Å². The fourth-order valence-corrected chi connectivity index (χ4v) is 3.72. The van der Waals surface area contributed by atoms with Crippen LogP contribution in [0.5, 0.6) is 0 Å². The molecule has 2 saturated heterocycles. The minimum absolute atomic E-state index is 0. The van der Waals surface area contributed by atoms with E-state index in [4.69, 9.17) is 10.5 Å². The van der Waals surface area contributed by atoms with Crippen LogP contribution in [0.2, 0.25) is 0 Å². The smallest absolute Gasteiger partial charge is 0.245 e. The molecule has 0 unspecified atom stereocenters. The summed E-state index contributed by atoms with van der Waals surface area (Å²) >= 11 is 1.49. The lowest BCUT2D eigenvalue weighted by molar-refractivity contribution is -0.146. The second-order valence-electron chi connectivity index (χ2n) is 5.92. The lowest BCUT2D eigenvalue weighted by atomic mass is 10.1. The number of nitrogens with zero attached hydrogens (tertiary/aromatic N) is 3. The van der Waals surface area contributed by atoms with Gasteiger partial charge in [0.15, 0.2) is 0 Å². The van der Waals surface area contributed by atoms with Gasteiger partial charge in [-0.25, -0.2) is 4.98 Å². The Bertz CT molecular complexity index is 551. The van der Waals surface area contributed by atoms with Crippen LogP contribution < -0.4 is 5.73 Å². The summed E-state index contributed by atoms with van der Waals surface area (Å²) < 4.78 is 5.28. The molecular weight excluding hydrogens is 352 g/mol. The number of amides is 2. The molecule has 2 fully saturated rings. The van der Waals surface area contributed by atoms with E-state index in [9.17, 15) is 9.59 Å². The number of carbonyl (C=O) groups is 2. The van der Waals surface area contributed by atoms with Crippen LogP contribution in [0.15, 0.2) is 10.9 Å². The number of aromatic nitrogens is 1. The highest BCUT2D eigenvalue weighted by atomic mass is 35.5. The van der Waals surface area contributed by atoms with E-state index in [2.05, 4.69) is 4.98 Å². The summed E-state index contributed by atoms with van der Waals surface area (Å²) in [5.74, 6) is -0.123. The van der Waals surface area contributed by atoms with Crippen LogP contribution in [-0.2, 0) is 20.7 Å². The van der Waals surface area contributed by atoms with E-state index in [-0.39, 0.29) is 30.3 Å². The van der Waals surface area contributed by atoms with Gasteiger partial charge in [-0.05, 0) is 12.8 Å². The van der Waals surface area contributed by atoms with E-state index in [1.165, 1.54) is 11.3 Å². The molecule has 0 aromatic carbocycles. The molecule has 2 N–H and O–H groups in total. The third-order valence-corrected chi connectivity index (χ3v) is 5.01. The highest BCUT2D eigenvalue weighted by Gasteiger charge is 2.38. The molecule has 134 valence electrons. The molecule has 2 aliphatic rings. The topological polar surface area (TPSA) is 88.8 Å². The van der Waals surface area contributed by atoms with E-state index >= 15 is 0 Å². The van der Waals surface area contributed by atoms with Crippen molar-refractivity contribution in [2.45, 2.75) is 31.3 Å². The molecule has 2 amide bonds. The van der Waals surface area contributed by atoms with E-state index in [0.29, 0.717) is 45.7 Å². The van der Waals surface area contributed by atoms with Crippen LogP contribution >= 0.6 is 23.7 Å². The number of thiazole rings is 1. The number of likely N-dealkylation sites (tertiary alicyclic amines) is 1. The Morgan fingerprint density at radius 3 is 2.79 bits per heavy atom. The Labute approximate surface area is 151 Å². The number of morpholine rings is 1. The number of halogens is 1. The molecule has 0 aliphatic carbocycles. The van der Waals surface area contributed by atoms with Crippen molar-refractivity contribution in [3.05, 3.63) is 16.6 Å². The fraction of sp³-hybridized carbons (Fsp3) is 0.667. The Kier molecular flexibility index (Phi) is 6.97. The molecule has 0 saturated carbocycles. The molecule has 2 aliphatic heterocycles. The predicted octanol–water partition coefficient (Wildman–Crippen LogP) is 0.284. The summed E-state index contributed by atoms with van der Waals surface area (Å²) in [5.41, 5.74) is 8.61. The maximum atomic E-state index is 12.7. The van der Waals surface area contributed by atoms with Gasteiger partial charge in [-0.15, -0.1) is 23.7 Å². The summed E-state index contributed by atoms with van der Waals surface area (Å²) in [6.45, 7) is 2.93. The summed E-state index contributed by atoms with van der Waals surface area (Å²) in [6.07, 6.45) is 1.97. The Balaban J connectivity index is 0.00000208. The molecule has 2 atom stereocenters. The Morgan fingerprint density at radius 2 is 2.12 bits per heavy atom. The number of hydrogen-bond donors (Lipinski definition) is 1. The van der Waals surface area contributed by atoms with Crippen molar-refractivity contribution in [3.8, 4) is 0 Å². The van der Waals surface area contributed by atoms with Gasteiger partial charge in [-0.2, -0.15) is 0 Å². The summed E-state index contributed by atoms with van der Waals surface area (Å²) in [4.78, 5) is 33.0. The van der Waals surface area contributed by atoms with E-state index in [1.54, 1.807) is 15.3 Å². The zero-order valence-corrected chi connectivity index (χ0v) is 15.1. The van der Waals surface area contributed by atoms with Gasteiger partial charge in [-0.1, -0.05) is 0 Å². The SMILES string of the molecule is Cl.N[C@@H](Cc1cscn1)C(=O)N1CCC[C@H]1C(=O)N1CCOCC1. The first-order valence-corrected chi connectivity index (χ1v) is 8.91. The second kappa shape index (κ2) is 8.75. The fourth-order valence-electron chi connectivity index (χ4n) is 3.15. The Morgan fingerprint density at radius 1 is 1.38 bits per heavy atom. The zero-order chi connectivity index (χ0) is 16.2. The van der Waals surface area contributed by atoms with Crippen molar-refractivity contribution in [1.29, 1.82) is 0 Å². The first-order valence-electron chi connectivity index (χ1n) is 7.96. The normalized spacial score (nSPS) is 22.1. The third-order valence-electron chi connectivity index (χ3n) is 4.37. The summed E-state index contributed by atoms with van der Waals surface area (Å²) in [6, 6.07) is -1.02. The molecule has 7 nitrogen and oxygen atoms in total. The first-order chi connectivity index (χ1) is 11.2. The molecule has 0 bridgehead atoms. The highest BCUT2D eigenvalue weighted by molar-refractivity contribution is 7.07.